The lowest BCUT2D eigenvalue weighted by molar-refractivity contribution is 0.102. The topological polar surface area (TPSA) is 75.3 Å². The number of halogens is 1. The summed E-state index contributed by atoms with van der Waals surface area (Å²) in [5.74, 6) is -0.985. The Morgan fingerprint density at radius 1 is 1.12 bits per heavy atom. The number of nitrogens with one attached hydrogen (secondary N) is 2. The average molecular weight is 350 g/mol. The van der Waals surface area contributed by atoms with Crippen molar-refractivity contribution < 1.29 is 17.6 Å². The summed E-state index contributed by atoms with van der Waals surface area (Å²) in [6.45, 7) is 4.08. The Labute approximate surface area is 141 Å². The van der Waals surface area contributed by atoms with Gasteiger partial charge in [-0.3, -0.25) is 4.79 Å². The maximum atomic E-state index is 13.6. The molecule has 0 aromatic heterocycles. The van der Waals surface area contributed by atoms with Crippen LogP contribution in [0.15, 0.2) is 53.4 Å². The van der Waals surface area contributed by atoms with Crippen molar-refractivity contribution in [3.8, 4) is 0 Å². The van der Waals surface area contributed by atoms with Gasteiger partial charge in [0.15, 0.2) is 0 Å². The first-order valence-corrected chi connectivity index (χ1v) is 8.93. The molecule has 0 heterocycles. The Hall–Kier alpha value is -2.25. The van der Waals surface area contributed by atoms with Crippen molar-refractivity contribution in [1.82, 2.24) is 4.72 Å². The van der Waals surface area contributed by atoms with E-state index >= 15 is 0 Å². The van der Waals surface area contributed by atoms with Crippen LogP contribution in [0.5, 0.6) is 0 Å². The Morgan fingerprint density at radius 2 is 1.83 bits per heavy atom. The molecule has 2 aromatic carbocycles. The normalized spacial score (nSPS) is 11.5. The number of rotatable bonds is 6. The number of anilines is 1. The molecule has 0 radical (unpaired) electrons. The number of carbonyl (C=O) groups is 1. The minimum absolute atomic E-state index is 0.00988. The van der Waals surface area contributed by atoms with E-state index in [1.165, 1.54) is 42.5 Å². The molecule has 5 nitrogen and oxygen atoms in total. The highest BCUT2D eigenvalue weighted by molar-refractivity contribution is 7.89. The van der Waals surface area contributed by atoms with Gasteiger partial charge < -0.3 is 5.32 Å². The van der Waals surface area contributed by atoms with E-state index in [1.54, 1.807) is 6.07 Å². The van der Waals surface area contributed by atoms with Gasteiger partial charge in [0, 0.05) is 12.1 Å². The van der Waals surface area contributed by atoms with Crippen LogP contribution in [0.3, 0.4) is 0 Å². The van der Waals surface area contributed by atoms with Crippen molar-refractivity contribution in [3.63, 3.8) is 0 Å². The minimum Gasteiger partial charge on any atom is -0.319 e. The van der Waals surface area contributed by atoms with E-state index < -0.39 is 21.7 Å². The molecule has 0 fully saturated rings. The van der Waals surface area contributed by atoms with E-state index in [2.05, 4.69) is 10.0 Å². The molecular formula is C17H19FN2O3S. The van der Waals surface area contributed by atoms with Crippen LogP contribution in [0.1, 0.15) is 24.2 Å². The second-order valence-corrected chi connectivity index (χ2v) is 7.47. The second-order valence-electron chi connectivity index (χ2n) is 5.71. The number of para-hydroxylation sites is 1. The predicted molar refractivity (Wildman–Crippen MR) is 90.8 cm³/mol. The van der Waals surface area contributed by atoms with Crippen molar-refractivity contribution in [2.45, 2.75) is 18.7 Å². The lowest BCUT2D eigenvalue weighted by Gasteiger charge is -2.10. The quantitative estimate of drug-likeness (QED) is 0.841. The number of hydrogen-bond acceptors (Lipinski definition) is 3. The Balaban J connectivity index is 2.21. The van der Waals surface area contributed by atoms with Crippen LogP contribution in [0.4, 0.5) is 10.1 Å². The minimum atomic E-state index is -3.70. The first kappa shape index (κ1) is 18.1. The van der Waals surface area contributed by atoms with Crippen LogP contribution in [-0.4, -0.2) is 20.9 Å². The zero-order valence-electron chi connectivity index (χ0n) is 13.4. The predicted octanol–water partition coefficient (Wildman–Crippen LogP) is 3.01. The molecular weight excluding hydrogens is 331 g/mol. The fourth-order valence-corrected chi connectivity index (χ4v) is 3.18. The highest BCUT2D eigenvalue weighted by atomic mass is 32.2. The summed E-state index contributed by atoms with van der Waals surface area (Å²) in [4.78, 5) is 12.2. The summed E-state index contributed by atoms with van der Waals surface area (Å²) >= 11 is 0. The molecule has 0 aliphatic carbocycles. The maximum absolute atomic E-state index is 13.6. The van der Waals surface area contributed by atoms with Crippen LogP contribution in [0.25, 0.3) is 0 Å². The molecule has 128 valence electrons. The maximum Gasteiger partial charge on any atom is 0.255 e. The van der Waals surface area contributed by atoms with Crippen molar-refractivity contribution in [3.05, 3.63) is 59.9 Å². The van der Waals surface area contributed by atoms with E-state index in [-0.39, 0.29) is 22.1 Å². The molecule has 0 saturated carbocycles. The molecule has 0 aliphatic rings. The first-order chi connectivity index (χ1) is 11.3. The zero-order chi connectivity index (χ0) is 17.7. The van der Waals surface area contributed by atoms with Crippen molar-refractivity contribution in [2.24, 2.45) is 5.92 Å². The van der Waals surface area contributed by atoms with Gasteiger partial charge in [0.25, 0.3) is 5.91 Å². The number of amides is 1. The molecule has 0 atom stereocenters. The average Bonchev–Trinajstić information content (AvgIpc) is 2.55. The molecule has 2 N–H and O–H groups in total. The summed E-state index contributed by atoms with van der Waals surface area (Å²) in [5, 5.41) is 2.43. The van der Waals surface area contributed by atoms with Gasteiger partial charge in [0.05, 0.1) is 10.6 Å². The molecule has 0 spiro atoms. The number of hydrogen-bond donors (Lipinski definition) is 2. The van der Waals surface area contributed by atoms with Crippen LogP contribution in [0.2, 0.25) is 0 Å². The van der Waals surface area contributed by atoms with Gasteiger partial charge >= 0.3 is 0 Å². The van der Waals surface area contributed by atoms with E-state index in [0.29, 0.717) is 6.54 Å². The monoisotopic (exact) mass is 350 g/mol. The smallest absolute Gasteiger partial charge is 0.255 e. The second kappa shape index (κ2) is 7.55. The number of carbonyl (C=O) groups excluding carboxylic acids is 1. The number of benzene rings is 2. The van der Waals surface area contributed by atoms with Gasteiger partial charge in [-0.1, -0.05) is 32.0 Å². The fraction of sp³-hybridized carbons (Fsp3) is 0.235. The van der Waals surface area contributed by atoms with Crippen molar-refractivity contribution in [2.75, 3.05) is 11.9 Å². The van der Waals surface area contributed by atoms with Gasteiger partial charge in [-0.15, -0.1) is 0 Å². The standard InChI is InChI=1S/C17H19FN2O3S/c1-12(2)11-19-24(22,23)14-7-5-6-13(10-14)17(21)20-16-9-4-3-8-15(16)18/h3-10,12,19H,11H2,1-2H3,(H,20,21). The summed E-state index contributed by atoms with van der Waals surface area (Å²) in [6.07, 6.45) is 0. The third kappa shape index (κ3) is 4.62. The van der Waals surface area contributed by atoms with Crippen LogP contribution in [-0.2, 0) is 10.0 Å². The van der Waals surface area contributed by atoms with E-state index in [1.807, 2.05) is 13.8 Å². The van der Waals surface area contributed by atoms with Crippen LogP contribution in [0, 0.1) is 11.7 Å². The molecule has 0 aliphatic heterocycles. The largest absolute Gasteiger partial charge is 0.319 e. The molecule has 2 aromatic rings. The van der Waals surface area contributed by atoms with Crippen molar-refractivity contribution >= 4 is 21.6 Å². The van der Waals surface area contributed by atoms with Gasteiger partial charge in [-0.25, -0.2) is 17.5 Å². The highest BCUT2D eigenvalue weighted by Crippen LogP contribution is 2.16. The Bertz CT molecular complexity index is 835. The number of sulfonamides is 1. The summed E-state index contributed by atoms with van der Waals surface area (Å²) in [5.41, 5.74) is 0.166. The van der Waals surface area contributed by atoms with Crippen LogP contribution < -0.4 is 10.0 Å². The van der Waals surface area contributed by atoms with Crippen molar-refractivity contribution in [1.29, 1.82) is 0 Å². The van der Waals surface area contributed by atoms with Gasteiger partial charge in [-0.05, 0) is 36.2 Å². The Kier molecular flexibility index (Phi) is 5.69. The molecule has 1 amide bonds. The molecule has 2 rings (SSSR count). The van der Waals surface area contributed by atoms with Gasteiger partial charge in [0.1, 0.15) is 5.82 Å². The van der Waals surface area contributed by atoms with Gasteiger partial charge in [-0.2, -0.15) is 0 Å². The van der Waals surface area contributed by atoms with E-state index in [0.717, 1.165) is 0 Å². The lowest BCUT2D eigenvalue weighted by Crippen LogP contribution is -2.27. The molecule has 7 heteroatoms. The highest BCUT2D eigenvalue weighted by Gasteiger charge is 2.17. The fourth-order valence-electron chi connectivity index (χ4n) is 1.92. The third-order valence-electron chi connectivity index (χ3n) is 3.21. The van der Waals surface area contributed by atoms with Gasteiger partial charge in [0.2, 0.25) is 10.0 Å². The van der Waals surface area contributed by atoms with E-state index in [4.69, 9.17) is 0 Å². The zero-order valence-corrected chi connectivity index (χ0v) is 14.2. The molecule has 0 bridgehead atoms. The summed E-state index contributed by atoms with van der Waals surface area (Å²) in [6, 6.07) is 11.4. The molecule has 24 heavy (non-hydrogen) atoms. The summed E-state index contributed by atoms with van der Waals surface area (Å²) < 4.78 is 40.5. The SMILES string of the molecule is CC(C)CNS(=O)(=O)c1cccc(C(=O)Nc2ccccc2F)c1. The first-order valence-electron chi connectivity index (χ1n) is 7.45. The van der Waals surface area contributed by atoms with Crippen LogP contribution >= 0.6 is 0 Å². The molecule has 0 unspecified atom stereocenters. The summed E-state index contributed by atoms with van der Waals surface area (Å²) in [7, 11) is -3.70. The lowest BCUT2D eigenvalue weighted by atomic mass is 10.2. The Morgan fingerprint density at radius 3 is 2.50 bits per heavy atom. The van der Waals surface area contributed by atoms with E-state index in [9.17, 15) is 17.6 Å². The molecule has 0 saturated heterocycles. The third-order valence-corrected chi connectivity index (χ3v) is 4.63.